The van der Waals surface area contributed by atoms with E-state index in [4.69, 9.17) is 23.0 Å². The highest BCUT2D eigenvalue weighted by Gasteiger charge is 2.38. The zero-order chi connectivity index (χ0) is 24.4. The van der Waals surface area contributed by atoms with Gasteiger partial charge in [0.2, 0.25) is 0 Å². The number of aliphatic hydroxyl groups is 1. The van der Waals surface area contributed by atoms with Crippen LogP contribution in [0.25, 0.3) is 0 Å². The predicted octanol–water partition coefficient (Wildman–Crippen LogP) is 5.63. The van der Waals surface area contributed by atoms with E-state index < -0.39 is 20.1 Å². The molecule has 188 valence electrons. The number of phosphoric ester groups is 1. The SMILES string of the molecule is CC1(c2ccccc2)COC(=O)OC1.CCCCCCC(O)COP1(=O)OCC(C)(C)CO1. The maximum atomic E-state index is 12.0. The maximum absolute atomic E-state index is 12.0. The molecule has 0 spiro atoms. The second kappa shape index (κ2) is 12.9. The lowest BCUT2D eigenvalue weighted by atomic mass is 9.84. The van der Waals surface area contributed by atoms with Crippen LogP contribution in [0.15, 0.2) is 30.3 Å². The van der Waals surface area contributed by atoms with E-state index in [1.165, 1.54) is 12.8 Å². The molecule has 1 aromatic carbocycles. The van der Waals surface area contributed by atoms with Gasteiger partial charge in [-0.1, -0.05) is 76.8 Å². The summed E-state index contributed by atoms with van der Waals surface area (Å²) >= 11 is 0. The van der Waals surface area contributed by atoms with Crippen molar-refractivity contribution in [2.45, 2.75) is 71.3 Å². The van der Waals surface area contributed by atoms with Gasteiger partial charge in [-0.3, -0.25) is 13.6 Å². The van der Waals surface area contributed by atoms with E-state index in [0.29, 0.717) is 32.8 Å². The van der Waals surface area contributed by atoms with Gasteiger partial charge in [-0.15, -0.1) is 0 Å². The van der Waals surface area contributed by atoms with Crippen LogP contribution in [0.5, 0.6) is 0 Å². The molecule has 0 bridgehead atoms. The third kappa shape index (κ3) is 9.75. The number of carbonyl (C=O) groups is 1. The Morgan fingerprint density at radius 1 is 1.00 bits per heavy atom. The smallest absolute Gasteiger partial charge is 0.433 e. The summed E-state index contributed by atoms with van der Waals surface area (Å²) in [6.07, 6.45) is 3.88. The highest BCUT2D eigenvalue weighted by Crippen LogP contribution is 2.54. The molecule has 2 heterocycles. The second-order valence-corrected chi connectivity index (χ2v) is 11.4. The van der Waals surface area contributed by atoms with E-state index in [0.717, 1.165) is 18.4 Å². The number of hydrogen-bond acceptors (Lipinski definition) is 8. The van der Waals surface area contributed by atoms with Crippen LogP contribution in [0.4, 0.5) is 4.79 Å². The molecule has 8 nitrogen and oxygen atoms in total. The first-order chi connectivity index (χ1) is 15.6. The fourth-order valence-electron chi connectivity index (χ4n) is 3.26. The molecule has 1 atom stereocenters. The number of unbranched alkanes of at least 4 members (excludes halogenated alkanes) is 3. The summed E-state index contributed by atoms with van der Waals surface area (Å²) in [6, 6.07) is 9.93. The minimum Gasteiger partial charge on any atom is -0.433 e. The standard InChI is InChI=1S/C13H27O5P.C11H12O3/c1-4-5-6-7-8-12(14)9-16-19(15)17-10-13(2,3)11-18-19;1-11(7-13-10(12)14-8-11)9-5-3-2-4-6-9/h12,14H,4-11H2,1-3H3;2-6H,7-8H2,1H3. The summed E-state index contributed by atoms with van der Waals surface area (Å²) in [5.41, 5.74) is 0.776. The second-order valence-electron chi connectivity index (χ2n) is 9.71. The minimum absolute atomic E-state index is 0.00380. The maximum Gasteiger partial charge on any atom is 0.508 e. The zero-order valence-corrected chi connectivity index (χ0v) is 21.2. The van der Waals surface area contributed by atoms with Gasteiger partial charge >= 0.3 is 14.0 Å². The molecule has 0 radical (unpaired) electrons. The molecule has 2 aliphatic rings. The molecule has 2 saturated heterocycles. The van der Waals surface area contributed by atoms with Gasteiger partial charge in [0.25, 0.3) is 0 Å². The molecule has 2 fully saturated rings. The van der Waals surface area contributed by atoms with E-state index >= 15 is 0 Å². The molecule has 33 heavy (non-hydrogen) atoms. The molecule has 1 aromatic rings. The van der Waals surface area contributed by atoms with Crippen molar-refractivity contribution in [3.63, 3.8) is 0 Å². The molecule has 0 amide bonds. The van der Waals surface area contributed by atoms with Crippen molar-refractivity contribution in [3.8, 4) is 0 Å². The highest BCUT2D eigenvalue weighted by atomic mass is 31.2. The lowest BCUT2D eigenvalue weighted by Crippen LogP contribution is -2.40. The first kappa shape index (κ1) is 27.8. The van der Waals surface area contributed by atoms with Gasteiger partial charge in [-0.05, 0) is 18.9 Å². The van der Waals surface area contributed by atoms with Crippen LogP contribution >= 0.6 is 7.82 Å². The Hall–Kier alpha value is -1.44. The van der Waals surface area contributed by atoms with Crippen LogP contribution in [-0.2, 0) is 33.0 Å². The normalized spacial score (nSPS) is 21.7. The van der Waals surface area contributed by atoms with Crippen LogP contribution < -0.4 is 0 Å². The Bertz CT molecular complexity index is 743. The lowest BCUT2D eigenvalue weighted by molar-refractivity contribution is -0.0217. The van der Waals surface area contributed by atoms with Crippen molar-refractivity contribution >= 4 is 14.0 Å². The summed E-state index contributed by atoms with van der Waals surface area (Å²) in [4.78, 5) is 10.7. The number of hydrogen-bond donors (Lipinski definition) is 1. The van der Waals surface area contributed by atoms with E-state index in [-0.39, 0.29) is 17.4 Å². The van der Waals surface area contributed by atoms with Crippen molar-refractivity contribution < 1.29 is 37.5 Å². The predicted molar refractivity (Wildman–Crippen MR) is 125 cm³/mol. The van der Waals surface area contributed by atoms with Gasteiger partial charge in [0, 0.05) is 5.41 Å². The lowest BCUT2D eigenvalue weighted by Gasteiger charge is -2.33. The average molecular weight is 487 g/mol. The fourth-order valence-corrected chi connectivity index (χ4v) is 4.85. The molecule has 9 heteroatoms. The number of benzene rings is 1. The Labute approximate surface area is 197 Å². The van der Waals surface area contributed by atoms with Crippen molar-refractivity contribution in [2.75, 3.05) is 33.0 Å². The van der Waals surface area contributed by atoms with Crippen LogP contribution in [0.1, 0.15) is 65.4 Å². The van der Waals surface area contributed by atoms with Crippen molar-refractivity contribution in [1.82, 2.24) is 0 Å². The number of ether oxygens (including phenoxy) is 2. The Balaban J connectivity index is 0.000000243. The molecule has 0 aliphatic carbocycles. The summed E-state index contributed by atoms with van der Waals surface area (Å²) in [7, 11) is -3.45. The Kier molecular flexibility index (Phi) is 10.8. The first-order valence-corrected chi connectivity index (χ1v) is 13.1. The van der Waals surface area contributed by atoms with Crippen LogP contribution in [0.2, 0.25) is 0 Å². The number of rotatable bonds is 9. The molecule has 0 saturated carbocycles. The molecule has 3 rings (SSSR count). The highest BCUT2D eigenvalue weighted by molar-refractivity contribution is 7.48. The topological polar surface area (TPSA) is 101 Å². The van der Waals surface area contributed by atoms with E-state index in [2.05, 4.69) is 6.92 Å². The largest absolute Gasteiger partial charge is 0.508 e. The minimum atomic E-state index is -3.45. The van der Waals surface area contributed by atoms with Gasteiger partial charge in [-0.2, -0.15) is 0 Å². The van der Waals surface area contributed by atoms with E-state index in [9.17, 15) is 14.5 Å². The van der Waals surface area contributed by atoms with Gasteiger partial charge in [0.15, 0.2) is 0 Å². The van der Waals surface area contributed by atoms with E-state index in [1.54, 1.807) is 0 Å². The summed E-state index contributed by atoms with van der Waals surface area (Å²) in [5, 5.41) is 9.74. The number of carbonyl (C=O) groups excluding carboxylic acids is 1. The zero-order valence-electron chi connectivity index (χ0n) is 20.3. The first-order valence-electron chi connectivity index (χ1n) is 11.6. The number of cyclic esters (lactones) is 2. The van der Waals surface area contributed by atoms with Gasteiger partial charge < -0.3 is 14.6 Å². The molecule has 0 aromatic heterocycles. The van der Waals surface area contributed by atoms with Crippen molar-refractivity contribution in [1.29, 1.82) is 0 Å². The summed E-state index contributed by atoms with van der Waals surface area (Å²) < 4.78 is 37.3. The molecule has 1 N–H and O–H groups in total. The fraction of sp³-hybridized carbons (Fsp3) is 0.708. The van der Waals surface area contributed by atoms with Gasteiger partial charge in [0.05, 0.1) is 31.3 Å². The Morgan fingerprint density at radius 3 is 2.18 bits per heavy atom. The average Bonchev–Trinajstić information content (AvgIpc) is 2.81. The van der Waals surface area contributed by atoms with E-state index in [1.807, 2.05) is 51.1 Å². The quantitative estimate of drug-likeness (QED) is 0.272. The molecular formula is C24H39O8P. The Morgan fingerprint density at radius 2 is 1.61 bits per heavy atom. The molecule has 1 unspecified atom stereocenters. The van der Waals surface area contributed by atoms with Crippen molar-refractivity contribution in [2.24, 2.45) is 5.41 Å². The van der Waals surface area contributed by atoms with Crippen molar-refractivity contribution in [3.05, 3.63) is 35.9 Å². The van der Waals surface area contributed by atoms with Crippen LogP contribution in [0.3, 0.4) is 0 Å². The van der Waals surface area contributed by atoms with Crippen LogP contribution in [0, 0.1) is 5.41 Å². The monoisotopic (exact) mass is 486 g/mol. The number of phosphoric acid groups is 1. The van der Waals surface area contributed by atoms with Crippen LogP contribution in [-0.4, -0.2) is 50.4 Å². The van der Waals surface area contributed by atoms with Gasteiger partial charge in [0.1, 0.15) is 13.2 Å². The number of aliphatic hydroxyl groups excluding tert-OH is 1. The molecular weight excluding hydrogens is 447 g/mol. The summed E-state index contributed by atoms with van der Waals surface area (Å²) in [6.45, 7) is 9.57. The molecule has 2 aliphatic heterocycles. The summed E-state index contributed by atoms with van der Waals surface area (Å²) in [5.74, 6) is 0. The third-order valence-corrected chi connectivity index (χ3v) is 6.89. The third-order valence-electron chi connectivity index (χ3n) is 5.53. The van der Waals surface area contributed by atoms with Gasteiger partial charge in [-0.25, -0.2) is 9.36 Å².